The molecule has 3 atom stereocenters. The Labute approximate surface area is 483 Å². The summed E-state index contributed by atoms with van der Waals surface area (Å²) in [6.07, 6.45) is 73.3. The number of hydrogen-bond acceptors (Lipinski definition) is 7. The molecule has 0 aromatic rings. The lowest BCUT2D eigenvalue weighted by Crippen LogP contribution is -2.47. The largest absolute Gasteiger partial charge is 0.756 e. The molecule has 0 aromatic heterocycles. The summed E-state index contributed by atoms with van der Waals surface area (Å²) in [7, 11) is 1.18. The van der Waals surface area contributed by atoms with Gasteiger partial charge in [-0.15, -0.1) is 0 Å². The Hall–Kier alpha value is -2.29. The van der Waals surface area contributed by atoms with Crippen molar-refractivity contribution < 1.29 is 37.3 Å². The number of nitrogens with one attached hydrogen (secondary N) is 1. The van der Waals surface area contributed by atoms with E-state index in [0.29, 0.717) is 23.9 Å². The van der Waals surface area contributed by atoms with Gasteiger partial charge in [0.25, 0.3) is 7.82 Å². The molecule has 0 bridgehead atoms. The van der Waals surface area contributed by atoms with Gasteiger partial charge >= 0.3 is 5.97 Å². The van der Waals surface area contributed by atoms with Gasteiger partial charge in [-0.2, -0.15) is 0 Å². The molecule has 0 fully saturated rings. The second-order valence-corrected chi connectivity index (χ2v) is 25.0. The van der Waals surface area contributed by atoms with Gasteiger partial charge in [-0.3, -0.25) is 14.2 Å². The maximum Gasteiger partial charge on any atom is 0.306 e. The standard InChI is InChI=1S/C68H127N2O7P/c1-7-10-13-16-19-22-25-28-30-32-34-35-37-39-41-43-46-49-52-55-58-61-68(72)77-66(59-56-53-50-47-44-27-24-21-18-15-12-9-3)65(64-76-78(73,74)75-63-62-70(4,5)6)69-67(71)60-57-54-51-48-45-42-40-38-36-33-31-29-26-23-20-17-14-11-8-2/h19,22,28,30,34-35,39,41,56,59,65-66H,7-18,20-21,23-27,29,31-33,36-38,40,42-55,57-58,60-64H2,1-6H3,(H-,69,71,73,74)/b22-19-,30-28-,35-34-,41-39-,59-56+. The lowest BCUT2D eigenvalue weighted by molar-refractivity contribution is -0.870. The van der Waals surface area contributed by atoms with E-state index in [1.54, 1.807) is 0 Å². The van der Waals surface area contributed by atoms with E-state index < -0.39 is 26.6 Å². The van der Waals surface area contributed by atoms with Gasteiger partial charge in [0, 0.05) is 12.8 Å². The van der Waals surface area contributed by atoms with Gasteiger partial charge in [0.05, 0.1) is 33.8 Å². The molecule has 0 saturated carbocycles. The van der Waals surface area contributed by atoms with Crippen LogP contribution in [0.3, 0.4) is 0 Å². The second-order valence-electron chi connectivity index (χ2n) is 23.6. The number of quaternary nitrogens is 1. The van der Waals surface area contributed by atoms with E-state index in [2.05, 4.69) is 74.7 Å². The summed E-state index contributed by atoms with van der Waals surface area (Å²) in [6.45, 7) is 6.83. The van der Waals surface area contributed by atoms with Gasteiger partial charge in [-0.25, -0.2) is 0 Å². The van der Waals surface area contributed by atoms with Gasteiger partial charge in [-0.1, -0.05) is 281 Å². The van der Waals surface area contributed by atoms with Crippen molar-refractivity contribution in [2.24, 2.45) is 0 Å². The van der Waals surface area contributed by atoms with Crippen LogP contribution in [0, 0.1) is 0 Å². The van der Waals surface area contributed by atoms with Crippen LogP contribution in [0.2, 0.25) is 0 Å². The van der Waals surface area contributed by atoms with E-state index in [4.69, 9.17) is 13.8 Å². The quantitative estimate of drug-likeness (QED) is 0.0212. The highest BCUT2D eigenvalue weighted by Gasteiger charge is 2.27. The first-order valence-electron chi connectivity index (χ1n) is 33.1. The Morgan fingerprint density at radius 3 is 1.19 bits per heavy atom. The number of carbonyl (C=O) groups excluding carboxylic acids is 2. The van der Waals surface area contributed by atoms with Crippen LogP contribution in [0.15, 0.2) is 60.8 Å². The monoisotopic (exact) mass is 1110 g/mol. The third-order valence-electron chi connectivity index (χ3n) is 14.7. The Bertz CT molecular complexity index is 1520. The van der Waals surface area contributed by atoms with E-state index in [1.807, 2.05) is 33.3 Å². The SMILES string of the molecule is CCCCC/C=C\C/C=C\C/C=C\C/C=C\CCCCCCCC(=O)OC(/C=C/CCCCCCCCCCCC)C(COP(=O)([O-])OCC[N+](C)(C)C)NC(=O)CCCCCCCCCCCCCCCCCCCCC. The van der Waals surface area contributed by atoms with Crippen molar-refractivity contribution in [2.45, 2.75) is 322 Å². The normalized spacial score (nSPS) is 14.0. The fourth-order valence-electron chi connectivity index (χ4n) is 9.57. The summed E-state index contributed by atoms with van der Waals surface area (Å²) >= 11 is 0. The van der Waals surface area contributed by atoms with Crippen molar-refractivity contribution in [1.29, 1.82) is 0 Å². The first kappa shape index (κ1) is 75.7. The van der Waals surface area contributed by atoms with E-state index in [0.717, 1.165) is 89.9 Å². The van der Waals surface area contributed by atoms with Crippen molar-refractivity contribution in [3.8, 4) is 0 Å². The number of allylic oxidation sites excluding steroid dienone is 9. The average Bonchev–Trinajstić information content (AvgIpc) is 3.40. The van der Waals surface area contributed by atoms with Gasteiger partial charge < -0.3 is 28.5 Å². The lowest BCUT2D eigenvalue weighted by Gasteiger charge is -2.30. The molecule has 0 spiro atoms. The summed E-state index contributed by atoms with van der Waals surface area (Å²) in [5.74, 6) is -0.551. The summed E-state index contributed by atoms with van der Waals surface area (Å²) < 4.78 is 30.4. The smallest absolute Gasteiger partial charge is 0.306 e. The molecule has 0 aliphatic rings. The Kier molecular flexibility index (Phi) is 56.2. The minimum Gasteiger partial charge on any atom is -0.756 e. The van der Waals surface area contributed by atoms with Crippen LogP contribution >= 0.6 is 7.82 Å². The summed E-state index contributed by atoms with van der Waals surface area (Å²) in [6, 6.07) is -0.896. The zero-order valence-electron chi connectivity index (χ0n) is 52.1. The first-order valence-corrected chi connectivity index (χ1v) is 34.6. The minimum atomic E-state index is -4.70. The summed E-state index contributed by atoms with van der Waals surface area (Å²) in [5.41, 5.74) is 0. The van der Waals surface area contributed by atoms with Crippen LogP contribution in [0.5, 0.6) is 0 Å². The lowest BCUT2D eigenvalue weighted by atomic mass is 10.0. The highest BCUT2D eigenvalue weighted by molar-refractivity contribution is 7.45. The number of phosphoric acid groups is 1. The number of amides is 1. The molecule has 10 heteroatoms. The fourth-order valence-corrected chi connectivity index (χ4v) is 10.3. The molecule has 0 aliphatic heterocycles. The Balaban J connectivity index is 5.21. The van der Waals surface area contributed by atoms with E-state index >= 15 is 0 Å². The molecular weight excluding hydrogens is 988 g/mol. The molecule has 0 saturated heterocycles. The van der Waals surface area contributed by atoms with Gasteiger partial charge in [-0.05, 0) is 76.7 Å². The summed E-state index contributed by atoms with van der Waals surface area (Å²) in [5, 5.41) is 3.03. The molecule has 9 nitrogen and oxygen atoms in total. The van der Waals surface area contributed by atoms with Crippen molar-refractivity contribution >= 4 is 19.7 Å². The van der Waals surface area contributed by atoms with Crippen LogP contribution in [0.4, 0.5) is 0 Å². The number of ether oxygens (including phenoxy) is 1. The van der Waals surface area contributed by atoms with Crippen molar-refractivity contribution in [3.05, 3.63) is 60.8 Å². The van der Waals surface area contributed by atoms with Gasteiger partial charge in [0.1, 0.15) is 19.3 Å². The molecule has 456 valence electrons. The topological polar surface area (TPSA) is 114 Å². The minimum absolute atomic E-state index is 0.0254. The molecule has 3 unspecified atom stereocenters. The van der Waals surface area contributed by atoms with Crippen molar-refractivity contribution in [1.82, 2.24) is 5.32 Å². The predicted octanol–water partition coefficient (Wildman–Crippen LogP) is 20.0. The molecule has 1 amide bonds. The number of esters is 1. The second kappa shape index (κ2) is 57.9. The molecule has 0 rings (SSSR count). The van der Waals surface area contributed by atoms with Crippen molar-refractivity contribution in [3.63, 3.8) is 0 Å². The zero-order valence-corrected chi connectivity index (χ0v) is 53.0. The highest BCUT2D eigenvalue weighted by atomic mass is 31.2. The van der Waals surface area contributed by atoms with Crippen LogP contribution in [0.25, 0.3) is 0 Å². The van der Waals surface area contributed by atoms with Gasteiger partial charge in [0.2, 0.25) is 5.91 Å². The number of phosphoric ester groups is 1. The van der Waals surface area contributed by atoms with E-state index in [-0.39, 0.29) is 24.9 Å². The molecule has 78 heavy (non-hydrogen) atoms. The van der Waals surface area contributed by atoms with E-state index in [9.17, 15) is 19.0 Å². The maximum absolute atomic E-state index is 13.6. The van der Waals surface area contributed by atoms with E-state index in [1.165, 1.54) is 180 Å². The highest BCUT2D eigenvalue weighted by Crippen LogP contribution is 2.38. The number of rotatable bonds is 60. The number of unbranched alkanes of at least 4 members (excludes halogenated alkanes) is 36. The Morgan fingerprint density at radius 2 is 0.782 bits per heavy atom. The number of hydrogen-bond donors (Lipinski definition) is 1. The molecule has 1 N–H and O–H groups in total. The molecule has 0 aliphatic carbocycles. The molecule has 0 radical (unpaired) electrons. The van der Waals surface area contributed by atoms with Crippen LogP contribution in [-0.2, 0) is 27.9 Å². The number of nitrogens with zero attached hydrogens (tertiary/aromatic N) is 1. The van der Waals surface area contributed by atoms with Crippen LogP contribution in [0.1, 0.15) is 310 Å². The average molecular weight is 1120 g/mol. The third kappa shape index (κ3) is 58.4. The number of likely N-dealkylation sites (N-methyl/N-ethyl adjacent to an activating group) is 1. The Morgan fingerprint density at radius 1 is 0.449 bits per heavy atom. The molecule has 0 heterocycles. The van der Waals surface area contributed by atoms with Crippen LogP contribution in [-0.4, -0.2) is 69.4 Å². The molecule has 0 aromatic carbocycles. The third-order valence-corrected chi connectivity index (χ3v) is 15.7. The number of carbonyl (C=O) groups is 2. The maximum atomic E-state index is 13.6. The van der Waals surface area contributed by atoms with Crippen molar-refractivity contribution in [2.75, 3.05) is 40.9 Å². The fraction of sp³-hybridized carbons (Fsp3) is 0.824. The van der Waals surface area contributed by atoms with Crippen LogP contribution < -0.4 is 10.2 Å². The summed E-state index contributed by atoms with van der Waals surface area (Å²) in [4.78, 5) is 40.1. The predicted molar refractivity (Wildman–Crippen MR) is 335 cm³/mol. The first-order chi connectivity index (χ1) is 37.9. The molecular formula is C68H127N2O7P. The zero-order chi connectivity index (χ0) is 57.2. The van der Waals surface area contributed by atoms with Gasteiger partial charge in [0.15, 0.2) is 0 Å².